The Kier molecular flexibility index (Phi) is 14.8. The minimum Gasteiger partial charge on any atom is -0.455 e. The maximum atomic E-state index is 13.7. The summed E-state index contributed by atoms with van der Waals surface area (Å²) in [6.07, 6.45) is 8.61. The van der Waals surface area contributed by atoms with Gasteiger partial charge in [0, 0.05) is 39.3 Å². The third-order valence-corrected chi connectivity index (χ3v) is 7.14. The first kappa shape index (κ1) is 34.1. The summed E-state index contributed by atoms with van der Waals surface area (Å²) in [7, 11) is 1.56. The first-order valence-corrected chi connectivity index (χ1v) is 14.9. The van der Waals surface area contributed by atoms with Crippen LogP contribution in [-0.4, -0.2) is 59.8 Å². The van der Waals surface area contributed by atoms with E-state index >= 15 is 0 Å². The molecule has 0 fully saturated rings. The lowest BCUT2D eigenvalue weighted by molar-refractivity contribution is -0.159. The van der Waals surface area contributed by atoms with Crippen LogP contribution >= 0.6 is 0 Å². The number of nitrogens with one attached hydrogen (secondary N) is 2. The van der Waals surface area contributed by atoms with Crippen molar-refractivity contribution in [3.8, 4) is 0 Å². The van der Waals surface area contributed by atoms with Gasteiger partial charge in [-0.15, -0.1) is 0 Å². The number of cyclic esters (lactones) is 1. The van der Waals surface area contributed by atoms with Gasteiger partial charge in [-0.2, -0.15) is 5.10 Å². The van der Waals surface area contributed by atoms with Crippen molar-refractivity contribution in [2.24, 2.45) is 5.10 Å². The normalized spacial score (nSPS) is 18.6. The van der Waals surface area contributed by atoms with Crippen LogP contribution in [0.2, 0.25) is 0 Å². The minimum absolute atomic E-state index is 0.0856. The number of rotatable bonds is 13. The van der Waals surface area contributed by atoms with Gasteiger partial charge < -0.3 is 14.4 Å². The molecule has 0 aromatic heterocycles. The lowest BCUT2D eigenvalue weighted by atomic mass is 9.99. The SMILES string of the molecule is COC[C@H]1[C@H](c2ccccc2)OC(=O)CC/C=C/CCC(=O)N1Cc1cccc(/C=N/NC(=O)CCCCCC(=O)NO)c1. The number of hydrogen-bond donors (Lipinski definition) is 3. The second-order valence-corrected chi connectivity index (χ2v) is 10.5. The van der Waals surface area contributed by atoms with E-state index in [9.17, 15) is 19.2 Å². The number of hydrazone groups is 1. The minimum atomic E-state index is -0.720. The second-order valence-electron chi connectivity index (χ2n) is 10.5. The van der Waals surface area contributed by atoms with Gasteiger partial charge in [-0.05, 0) is 48.4 Å². The van der Waals surface area contributed by atoms with Crippen molar-refractivity contribution in [1.82, 2.24) is 15.8 Å². The summed E-state index contributed by atoms with van der Waals surface area (Å²) in [5.74, 6) is -1.11. The Hall–Kier alpha value is -4.35. The number of unbranched alkanes of at least 4 members (excludes halogenated alkanes) is 2. The molecule has 0 radical (unpaired) electrons. The summed E-state index contributed by atoms with van der Waals surface area (Å²) < 4.78 is 11.6. The molecule has 1 aliphatic rings. The van der Waals surface area contributed by atoms with E-state index < -0.39 is 18.1 Å². The quantitative estimate of drug-likeness (QED) is 0.0767. The van der Waals surface area contributed by atoms with Crippen LogP contribution in [0.5, 0.6) is 0 Å². The summed E-state index contributed by atoms with van der Waals surface area (Å²) in [6.45, 7) is 0.413. The Morgan fingerprint density at radius 3 is 2.45 bits per heavy atom. The molecule has 44 heavy (non-hydrogen) atoms. The molecule has 0 unspecified atom stereocenters. The summed E-state index contributed by atoms with van der Waals surface area (Å²) in [6, 6.07) is 16.3. The smallest absolute Gasteiger partial charge is 0.306 e. The summed E-state index contributed by atoms with van der Waals surface area (Å²) in [5, 5.41) is 12.6. The molecule has 11 nitrogen and oxygen atoms in total. The average Bonchev–Trinajstić information content (AvgIpc) is 3.03. The first-order valence-electron chi connectivity index (χ1n) is 14.9. The summed E-state index contributed by atoms with van der Waals surface area (Å²) >= 11 is 0. The van der Waals surface area contributed by atoms with Crippen molar-refractivity contribution < 1.29 is 33.9 Å². The van der Waals surface area contributed by atoms with E-state index in [1.54, 1.807) is 17.5 Å². The van der Waals surface area contributed by atoms with Crippen molar-refractivity contribution in [3.05, 3.63) is 83.4 Å². The molecule has 2 aromatic carbocycles. The highest BCUT2D eigenvalue weighted by atomic mass is 16.5. The molecule has 3 rings (SSSR count). The van der Waals surface area contributed by atoms with E-state index in [1.165, 1.54) is 6.21 Å². The Balaban J connectivity index is 1.74. The third-order valence-electron chi connectivity index (χ3n) is 7.14. The van der Waals surface area contributed by atoms with Gasteiger partial charge >= 0.3 is 5.97 Å². The number of allylic oxidation sites excluding steroid dienone is 2. The summed E-state index contributed by atoms with van der Waals surface area (Å²) in [5.41, 5.74) is 6.45. The fourth-order valence-corrected chi connectivity index (χ4v) is 4.91. The van der Waals surface area contributed by atoms with Crippen molar-refractivity contribution in [3.63, 3.8) is 0 Å². The highest BCUT2D eigenvalue weighted by Crippen LogP contribution is 2.29. The zero-order valence-corrected chi connectivity index (χ0v) is 25.2. The van der Waals surface area contributed by atoms with Crippen molar-refractivity contribution in [2.75, 3.05) is 13.7 Å². The number of carbonyl (C=O) groups excluding carboxylic acids is 4. The average molecular weight is 607 g/mol. The molecule has 236 valence electrons. The molecule has 0 saturated carbocycles. The highest BCUT2D eigenvalue weighted by molar-refractivity contribution is 5.82. The van der Waals surface area contributed by atoms with E-state index in [-0.39, 0.29) is 50.2 Å². The van der Waals surface area contributed by atoms with Gasteiger partial charge in [0.25, 0.3) is 0 Å². The van der Waals surface area contributed by atoms with Crippen molar-refractivity contribution in [1.29, 1.82) is 0 Å². The van der Waals surface area contributed by atoms with E-state index in [0.717, 1.165) is 16.7 Å². The summed E-state index contributed by atoms with van der Waals surface area (Å²) in [4.78, 5) is 51.4. The Bertz CT molecular complexity index is 1280. The number of nitrogens with zero attached hydrogens (tertiary/aromatic N) is 2. The lowest BCUT2D eigenvalue weighted by Crippen LogP contribution is -2.47. The third kappa shape index (κ3) is 11.7. The number of carbonyl (C=O) groups is 4. The van der Waals surface area contributed by atoms with E-state index in [4.69, 9.17) is 14.7 Å². The van der Waals surface area contributed by atoms with Gasteiger partial charge in [0.1, 0.15) is 6.10 Å². The Morgan fingerprint density at radius 2 is 1.73 bits per heavy atom. The van der Waals surface area contributed by atoms with Gasteiger partial charge in [0.2, 0.25) is 17.7 Å². The fraction of sp³-hybridized carbons (Fsp3) is 0.424. The van der Waals surface area contributed by atoms with Crippen LogP contribution in [0.1, 0.15) is 80.6 Å². The van der Waals surface area contributed by atoms with Gasteiger partial charge in [0.15, 0.2) is 0 Å². The number of esters is 1. The fourth-order valence-electron chi connectivity index (χ4n) is 4.91. The molecule has 2 aromatic rings. The molecule has 1 heterocycles. The van der Waals surface area contributed by atoms with Crippen LogP contribution in [0.4, 0.5) is 0 Å². The topological polar surface area (TPSA) is 147 Å². The van der Waals surface area contributed by atoms with Crippen LogP contribution in [0, 0.1) is 0 Å². The zero-order chi connectivity index (χ0) is 31.6. The molecule has 1 aliphatic heterocycles. The number of hydrogen-bond acceptors (Lipinski definition) is 8. The molecule has 3 amide bonds. The lowest BCUT2D eigenvalue weighted by Gasteiger charge is -2.37. The standard InChI is InChI=1S/C33H42N4O7/c1-43-24-28-33(27-15-6-4-7-16-27)44-32(41)20-11-3-2-10-19-31(40)37(28)23-26-14-12-13-25(21-26)22-34-35-29(38)17-8-5-9-18-30(39)36-42/h2-4,6-7,12-16,21-22,28,33,42H,5,8-11,17-20,23-24H2,1H3,(H,35,38)(H,36,39)/b3-2+,34-22+/t28-,33-/m0/s1. The van der Waals surface area contributed by atoms with Gasteiger partial charge in [0.05, 0.1) is 18.9 Å². The first-order chi connectivity index (χ1) is 21.4. The largest absolute Gasteiger partial charge is 0.455 e. The van der Waals surface area contributed by atoms with Crippen LogP contribution in [0.15, 0.2) is 71.9 Å². The van der Waals surface area contributed by atoms with Crippen molar-refractivity contribution in [2.45, 2.75) is 76.5 Å². The van der Waals surface area contributed by atoms with E-state index in [1.807, 2.05) is 66.7 Å². The number of methoxy groups -OCH3 is 1. The van der Waals surface area contributed by atoms with E-state index in [2.05, 4.69) is 10.5 Å². The number of amides is 3. The number of ether oxygens (including phenoxy) is 2. The molecule has 2 atom stereocenters. The predicted molar refractivity (Wildman–Crippen MR) is 164 cm³/mol. The molecule has 11 heteroatoms. The highest BCUT2D eigenvalue weighted by Gasteiger charge is 2.34. The molecule has 0 saturated heterocycles. The monoisotopic (exact) mass is 606 g/mol. The number of benzene rings is 2. The molecular weight excluding hydrogens is 564 g/mol. The zero-order valence-electron chi connectivity index (χ0n) is 25.2. The van der Waals surface area contributed by atoms with Crippen LogP contribution in [0.25, 0.3) is 0 Å². The molecule has 0 spiro atoms. The van der Waals surface area contributed by atoms with Crippen molar-refractivity contribution >= 4 is 29.9 Å². The molecule has 0 aliphatic carbocycles. The number of hydroxylamine groups is 1. The molecule has 3 N–H and O–H groups in total. The van der Waals surface area contributed by atoms with Gasteiger partial charge in [-0.3, -0.25) is 24.4 Å². The van der Waals surface area contributed by atoms with E-state index in [0.29, 0.717) is 38.5 Å². The maximum Gasteiger partial charge on any atom is 0.306 e. The Labute approximate surface area is 258 Å². The van der Waals surface area contributed by atoms with Gasteiger partial charge in [-0.25, -0.2) is 10.9 Å². The molecular formula is C33H42N4O7. The molecule has 0 bridgehead atoms. The maximum absolute atomic E-state index is 13.7. The van der Waals surface area contributed by atoms with Crippen LogP contribution < -0.4 is 10.9 Å². The van der Waals surface area contributed by atoms with Crippen LogP contribution in [0.3, 0.4) is 0 Å². The Morgan fingerprint density at radius 1 is 1.00 bits per heavy atom. The van der Waals surface area contributed by atoms with Crippen LogP contribution in [-0.2, 0) is 35.2 Å². The van der Waals surface area contributed by atoms with Gasteiger partial charge in [-0.1, -0.05) is 67.1 Å². The second kappa shape index (κ2) is 19.0. The predicted octanol–water partition coefficient (Wildman–Crippen LogP) is 4.35.